The Morgan fingerprint density at radius 2 is 1.50 bits per heavy atom. The van der Waals surface area contributed by atoms with Crippen LogP contribution in [0.25, 0.3) is 16.5 Å². The van der Waals surface area contributed by atoms with E-state index in [0.29, 0.717) is 61.3 Å². The smallest absolute Gasteiger partial charge is 0.205 e. The lowest BCUT2D eigenvalue weighted by molar-refractivity contribution is -0.105. The highest BCUT2D eigenvalue weighted by Gasteiger charge is 2.63. The van der Waals surface area contributed by atoms with Crippen LogP contribution in [-0.4, -0.2) is 21.4 Å². The van der Waals surface area contributed by atoms with Crippen LogP contribution in [0.3, 0.4) is 0 Å². The van der Waals surface area contributed by atoms with Crippen molar-refractivity contribution in [2.75, 3.05) is 6.61 Å². The molecule has 0 radical (unpaired) electrons. The Morgan fingerprint density at radius 3 is 2.18 bits per heavy atom. The summed E-state index contributed by atoms with van der Waals surface area (Å²) in [6.07, 6.45) is 2.50. The Labute approximate surface area is 220 Å². The predicted octanol–water partition coefficient (Wildman–Crippen LogP) is 6.04. The SMILES string of the molecule is N#CCCC12CCC(CCOCc3ccccc3)(O1)c1c2c(O)n(-c2ccc(C#N)c3ccccc23)c1O. The lowest BCUT2D eigenvalue weighted by Gasteiger charge is -2.27. The van der Waals surface area contributed by atoms with E-state index in [1.807, 2.05) is 54.6 Å². The Morgan fingerprint density at radius 1 is 0.842 bits per heavy atom. The van der Waals surface area contributed by atoms with Crippen molar-refractivity contribution in [1.82, 2.24) is 4.57 Å². The van der Waals surface area contributed by atoms with E-state index in [4.69, 9.17) is 9.47 Å². The van der Waals surface area contributed by atoms with Gasteiger partial charge in [-0.1, -0.05) is 54.6 Å². The molecule has 2 bridgehead atoms. The van der Waals surface area contributed by atoms with Gasteiger partial charge in [0.2, 0.25) is 11.8 Å². The number of benzene rings is 3. The normalized spacial score (nSPS) is 21.3. The van der Waals surface area contributed by atoms with Crippen LogP contribution in [0.4, 0.5) is 0 Å². The topological polar surface area (TPSA) is 111 Å². The van der Waals surface area contributed by atoms with Crippen molar-refractivity contribution in [3.05, 3.63) is 89.0 Å². The van der Waals surface area contributed by atoms with Gasteiger partial charge in [-0.25, -0.2) is 0 Å². The quantitative estimate of drug-likeness (QED) is 0.283. The maximum Gasteiger partial charge on any atom is 0.205 e. The monoisotopic (exact) mass is 505 g/mol. The van der Waals surface area contributed by atoms with Gasteiger partial charge in [-0.15, -0.1) is 0 Å². The van der Waals surface area contributed by atoms with Crippen LogP contribution in [0.2, 0.25) is 0 Å². The van der Waals surface area contributed by atoms with Gasteiger partial charge in [0.25, 0.3) is 0 Å². The van der Waals surface area contributed by atoms with Gasteiger partial charge >= 0.3 is 0 Å². The molecule has 7 nitrogen and oxygen atoms in total. The molecule has 2 atom stereocenters. The summed E-state index contributed by atoms with van der Waals surface area (Å²) in [4.78, 5) is 0. The highest BCUT2D eigenvalue weighted by molar-refractivity contribution is 5.95. The van der Waals surface area contributed by atoms with Crippen LogP contribution in [0.1, 0.15) is 54.4 Å². The number of fused-ring (bicyclic) bond motifs is 6. The standard InChI is InChI=1S/C31H27N3O4/c32-17-6-13-30-14-15-31(38-30,16-18-37-20-21-7-2-1-3-8-21)27-26(30)28(35)34(29(27)36)25-12-11-22(19-33)23-9-4-5-10-24(23)25/h1-5,7-12,35-36H,6,13-16,18,20H2. The Balaban J connectivity index is 1.42. The Kier molecular flexibility index (Phi) is 5.84. The van der Waals surface area contributed by atoms with E-state index in [-0.39, 0.29) is 18.2 Å². The van der Waals surface area contributed by atoms with Crippen LogP contribution >= 0.6 is 0 Å². The fourth-order valence-corrected chi connectivity index (χ4v) is 6.31. The molecule has 0 spiro atoms. The summed E-state index contributed by atoms with van der Waals surface area (Å²) in [7, 11) is 0. The minimum atomic E-state index is -0.848. The number of hydrogen-bond acceptors (Lipinski definition) is 6. The summed E-state index contributed by atoms with van der Waals surface area (Å²) >= 11 is 0. The second kappa shape index (κ2) is 9.22. The van der Waals surface area contributed by atoms with Crippen LogP contribution in [-0.2, 0) is 27.3 Å². The molecule has 4 aromatic rings. The number of nitriles is 2. The van der Waals surface area contributed by atoms with Gasteiger partial charge in [0.15, 0.2) is 0 Å². The first-order chi connectivity index (χ1) is 18.5. The van der Waals surface area contributed by atoms with Crippen molar-refractivity contribution in [3.63, 3.8) is 0 Å². The number of nitrogens with zero attached hydrogens (tertiary/aromatic N) is 3. The molecule has 7 heteroatoms. The van der Waals surface area contributed by atoms with Gasteiger partial charge in [-0.3, -0.25) is 4.57 Å². The van der Waals surface area contributed by atoms with Gasteiger partial charge in [0.1, 0.15) is 11.2 Å². The number of aromatic hydroxyl groups is 2. The first-order valence-corrected chi connectivity index (χ1v) is 12.8. The summed E-state index contributed by atoms with van der Waals surface area (Å²) < 4.78 is 14.1. The van der Waals surface area contributed by atoms with Crippen LogP contribution in [0.15, 0.2) is 66.7 Å². The van der Waals surface area contributed by atoms with Gasteiger partial charge in [-0.2, -0.15) is 10.5 Å². The molecule has 2 aliphatic rings. The van der Waals surface area contributed by atoms with E-state index in [9.17, 15) is 20.7 Å². The highest BCUT2D eigenvalue weighted by Crippen LogP contribution is 2.67. The molecule has 1 saturated heterocycles. The van der Waals surface area contributed by atoms with Gasteiger partial charge < -0.3 is 19.7 Å². The summed E-state index contributed by atoms with van der Waals surface area (Å²) in [5.41, 5.74) is 1.64. The van der Waals surface area contributed by atoms with E-state index < -0.39 is 11.2 Å². The fraction of sp³-hybridized carbons (Fsp3) is 0.290. The Hall–Kier alpha value is -4.30. The van der Waals surface area contributed by atoms with Gasteiger partial charge in [0, 0.05) is 23.6 Å². The molecule has 190 valence electrons. The maximum absolute atomic E-state index is 11.7. The predicted molar refractivity (Wildman–Crippen MR) is 141 cm³/mol. The van der Waals surface area contributed by atoms with Crippen molar-refractivity contribution in [1.29, 1.82) is 10.5 Å². The van der Waals surface area contributed by atoms with E-state index in [0.717, 1.165) is 16.3 Å². The molecule has 2 aliphatic heterocycles. The minimum absolute atomic E-state index is 0.0750. The third kappa shape index (κ3) is 3.55. The lowest BCUT2D eigenvalue weighted by atomic mass is 9.75. The molecule has 6 rings (SSSR count). The van der Waals surface area contributed by atoms with Crippen molar-refractivity contribution in [2.45, 2.75) is 49.9 Å². The number of ether oxygens (including phenoxy) is 2. The van der Waals surface area contributed by atoms with E-state index in [1.165, 1.54) is 4.57 Å². The number of aromatic nitrogens is 1. The molecule has 3 heterocycles. The molecule has 2 unspecified atom stereocenters. The number of hydrogen-bond donors (Lipinski definition) is 2. The van der Waals surface area contributed by atoms with Crippen LogP contribution in [0, 0.1) is 22.7 Å². The summed E-state index contributed by atoms with van der Waals surface area (Å²) in [6.45, 7) is 0.882. The maximum atomic E-state index is 11.7. The summed E-state index contributed by atoms with van der Waals surface area (Å²) in [5.74, 6) is -0.161. The summed E-state index contributed by atoms with van der Waals surface area (Å²) in [6, 6.07) is 25.3. The third-order valence-electron chi connectivity index (χ3n) is 8.02. The molecular formula is C31H27N3O4. The first-order valence-electron chi connectivity index (χ1n) is 12.8. The summed E-state index contributed by atoms with van der Waals surface area (Å²) in [5, 5.41) is 43.7. The average Bonchev–Trinajstić information content (AvgIpc) is 3.56. The molecule has 2 N–H and O–H groups in total. The van der Waals surface area contributed by atoms with Gasteiger partial charge in [-0.05, 0) is 37.0 Å². The van der Waals surface area contributed by atoms with Crippen LogP contribution < -0.4 is 0 Å². The minimum Gasteiger partial charge on any atom is -0.494 e. The molecule has 1 aromatic heterocycles. The largest absolute Gasteiger partial charge is 0.494 e. The van der Waals surface area contributed by atoms with E-state index >= 15 is 0 Å². The second-order valence-electron chi connectivity index (χ2n) is 10.1. The van der Waals surface area contributed by atoms with Crippen molar-refractivity contribution in [3.8, 4) is 29.6 Å². The van der Waals surface area contributed by atoms with Crippen molar-refractivity contribution >= 4 is 10.8 Å². The van der Waals surface area contributed by atoms with Gasteiger partial charge in [0.05, 0.1) is 47.7 Å². The Bertz CT molecular complexity index is 1610. The highest BCUT2D eigenvalue weighted by atomic mass is 16.5. The number of rotatable bonds is 8. The first kappa shape index (κ1) is 24.1. The second-order valence-corrected chi connectivity index (χ2v) is 10.1. The zero-order valence-corrected chi connectivity index (χ0v) is 20.9. The third-order valence-corrected chi connectivity index (χ3v) is 8.02. The zero-order chi connectivity index (χ0) is 26.3. The van der Waals surface area contributed by atoms with E-state index in [1.54, 1.807) is 12.1 Å². The molecule has 0 saturated carbocycles. The average molecular weight is 506 g/mol. The van der Waals surface area contributed by atoms with E-state index in [2.05, 4.69) is 12.1 Å². The van der Waals surface area contributed by atoms with Crippen LogP contribution in [0.5, 0.6) is 11.8 Å². The fourth-order valence-electron chi connectivity index (χ4n) is 6.31. The zero-order valence-electron chi connectivity index (χ0n) is 20.9. The lowest BCUT2D eigenvalue weighted by Crippen LogP contribution is -2.25. The molecular weight excluding hydrogens is 478 g/mol. The van der Waals surface area contributed by atoms with Crippen molar-refractivity contribution < 1.29 is 19.7 Å². The molecule has 3 aromatic carbocycles. The molecule has 1 fully saturated rings. The molecule has 38 heavy (non-hydrogen) atoms. The molecule has 0 amide bonds. The molecule has 0 aliphatic carbocycles. The van der Waals surface area contributed by atoms with Crippen molar-refractivity contribution in [2.24, 2.45) is 0 Å².